The summed E-state index contributed by atoms with van der Waals surface area (Å²) in [5.74, 6) is -0.118. The number of aliphatic hydroxyl groups is 1. The Kier molecular flexibility index (Phi) is 8.80. The van der Waals surface area contributed by atoms with Gasteiger partial charge >= 0.3 is 6.09 Å². The first kappa shape index (κ1) is 26.7. The summed E-state index contributed by atoms with van der Waals surface area (Å²) in [5, 5.41) is 17.6. The summed E-state index contributed by atoms with van der Waals surface area (Å²) in [6.45, 7) is 4.37. The van der Waals surface area contributed by atoms with Gasteiger partial charge in [-0.25, -0.2) is 13.2 Å². The highest BCUT2D eigenvalue weighted by Crippen LogP contribution is 2.48. The number of fused-ring (bicyclic) bond motifs is 2. The monoisotopic (exact) mass is 502 g/mol. The van der Waals surface area contributed by atoms with E-state index in [1.807, 2.05) is 13.8 Å². The molecule has 1 aliphatic heterocycles. The van der Waals surface area contributed by atoms with E-state index in [4.69, 9.17) is 4.74 Å². The molecule has 1 heterocycles. The molecule has 3 amide bonds. The van der Waals surface area contributed by atoms with Gasteiger partial charge in [-0.2, -0.15) is 0 Å². The molecule has 0 spiro atoms. The first-order valence-electron chi connectivity index (χ1n) is 12.1. The lowest BCUT2D eigenvalue weighted by Gasteiger charge is -2.30. The van der Waals surface area contributed by atoms with Gasteiger partial charge in [0, 0.05) is 12.5 Å². The van der Waals surface area contributed by atoms with Gasteiger partial charge in [0.25, 0.3) is 0 Å². The molecule has 11 nitrogen and oxygen atoms in total. The van der Waals surface area contributed by atoms with Gasteiger partial charge in [0.1, 0.15) is 16.2 Å². The lowest BCUT2D eigenvalue weighted by molar-refractivity contribution is -0.126. The minimum Gasteiger partial charge on any atom is -0.746 e. The molecule has 0 radical (unpaired) electrons. The Hall–Kier alpha value is -1.92. The quantitative estimate of drug-likeness (QED) is 0.294. The van der Waals surface area contributed by atoms with Crippen molar-refractivity contribution in [3.05, 3.63) is 0 Å². The zero-order valence-corrected chi connectivity index (χ0v) is 20.5. The predicted octanol–water partition coefficient (Wildman–Crippen LogP) is 0.438. The van der Waals surface area contributed by atoms with E-state index in [2.05, 4.69) is 16.0 Å². The van der Waals surface area contributed by atoms with E-state index < -0.39 is 45.6 Å². The third kappa shape index (κ3) is 7.05. The number of aliphatic hydroxyl groups excluding tert-OH is 1. The Balaban J connectivity index is 1.61. The Morgan fingerprint density at radius 3 is 2.47 bits per heavy atom. The van der Waals surface area contributed by atoms with Crippen LogP contribution in [0, 0.1) is 29.6 Å². The molecule has 1 saturated heterocycles. The lowest BCUT2D eigenvalue weighted by atomic mass is 9.90. The van der Waals surface area contributed by atoms with Crippen molar-refractivity contribution >= 4 is 28.0 Å². The van der Waals surface area contributed by atoms with E-state index >= 15 is 0 Å². The second-order valence-corrected chi connectivity index (χ2v) is 11.8. The van der Waals surface area contributed by atoms with Crippen LogP contribution in [-0.4, -0.2) is 66.7 Å². The van der Waals surface area contributed by atoms with E-state index in [-0.39, 0.29) is 31.3 Å². The smallest absolute Gasteiger partial charge is 0.407 e. The summed E-state index contributed by atoms with van der Waals surface area (Å²) in [5.41, 5.74) is -2.42. The van der Waals surface area contributed by atoms with Gasteiger partial charge in [-0.3, -0.25) is 9.59 Å². The number of ether oxygens (including phenoxy) is 1. The fourth-order valence-electron chi connectivity index (χ4n) is 5.56. The molecule has 6 unspecified atom stereocenters. The molecule has 3 rings (SSSR count). The number of hydrogen-bond acceptors (Lipinski definition) is 8. The highest BCUT2D eigenvalue weighted by molar-refractivity contribution is 7.86. The van der Waals surface area contributed by atoms with Crippen LogP contribution in [0.25, 0.3) is 0 Å². The molecule has 0 aromatic rings. The summed E-state index contributed by atoms with van der Waals surface area (Å²) >= 11 is 0. The van der Waals surface area contributed by atoms with Crippen LogP contribution in [0.5, 0.6) is 0 Å². The SMILES string of the molecule is CC(C)C[C@H](NC(=O)OCC1CC2CCC1C2)C(=O)NC(CC1CCNC1=O)C(O)S(=O)(=O)[O-]. The zero-order valence-electron chi connectivity index (χ0n) is 19.7. The van der Waals surface area contributed by atoms with Crippen LogP contribution >= 0.6 is 0 Å². The van der Waals surface area contributed by atoms with Crippen molar-refractivity contribution in [2.75, 3.05) is 13.2 Å². The molecular weight excluding hydrogens is 466 g/mol. The van der Waals surface area contributed by atoms with Crippen LogP contribution in [0.15, 0.2) is 0 Å². The highest BCUT2D eigenvalue weighted by atomic mass is 32.2. The van der Waals surface area contributed by atoms with Gasteiger partial charge in [0.05, 0.1) is 12.6 Å². The Morgan fingerprint density at radius 1 is 1.21 bits per heavy atom. The van der Waals surface area contributed by atoms with Crippen molar-refractivity contribution in [1.29, 1.82) is 0 Å². The molecule has 0 aromatic heterocycles. The average Bonchev–Trinajstić information content (AvgIpc) is 3.47. The summed E-state index contributed by atoms with van der Waals surface area (Å²) in [6, 6.07) is -2.56. The van der Waals surface area contributed by atoms with Crippen molar-refractivity contribution in [2.24, 2.45) is 29.6 Å². The highest BCUT2D eigenvalue weighted by Gasteiger charge is 2.40. The molecule has 2 saturated carbocycles. The molecule has 34 heavy (non-hydrogen) atoms. The number of amides is 3. The van der Waals surface area contributed by atoms with Crippen LogP contribution in [0.1, 0.15) is 58.8 Å². The van der Waals surface area contributed by atoms with Crippen LogP contribution in [0.2, 0.25) is 0 Å². The third-order valence-corrected chi connectivity index (χ3v) is 8.22. The van der Waals surface area contributed by atoms with Crippen molar-refractivity contribution in [3.63, 3.8) is 0 Å². The van der Waals surface area contributed by atoms with Crippen molar-refractivity contribution in [1.82, 2.24) is 16.0 Å². The fourth-order valence-corrected chi connectivity index (χ4v) is 6.14. The van der Waals surface area contributed by atoms with E-state index in [9.17, 15) is 32.5 Å². The lowest BCUT2D eigenvalue weighted by Crippen LogP contribution is -2.55. The average molecular weight is 503 g/mol. The second kappa shape index (κ2) is 11.2. The maximum Gasteiger partial charge on any atom is 0.407 e. The third-order valence-electron chi connectivity index (χ3n) is 7.30. The van der Waals surface area contributed by atoms with Crippen molar-refractivity contribution < 1.29 is 37.2 Å². The maximum absolute atomic E-state index is 13.0. The molecule has 194 valence electrons. The summed E-state index contributed by atoms with van der Waals surface area (Å²) in [4.78, 5) is 37.3. The van der Waals surface area contributed by atoms with Gasteiger partial charge in [-0.05, 0) is 62.2 Å². The number of carbonyl (C=O) groups is 3. The number of hydrogen-bond donors (Lipinski definition) is 4. The number of alkyl carbamates (subject to hydrolysis) is 1. The topological polar surface area (TPSA) is 174 Å². The second-order valence-electron chi connectivity index (χ2n) is 10.4. The minimum atomic E-state index is -5.15. The normalized spacial score (nSPS) is 28.9. The number of nitrogens with one attached hydrogen (secondary N) is 3. The van der Waals surface area contributed by atoms with Crippen LogP contribution in [0.4, 0.5) is 4.79 Å². The summed E-state index contributed by atoms with van der Waals surface area (Å²) < 4.78 is 39.8. The molecule has 3 aliphatic rings. The number of carbonyl (C=O) groups excluding carboxylic acids is 3. The van der Waals surface area contributed by atoms with E-state index in [0.717, 1.165) is 12.8 Å². The van der Waals surface area contributed by atoms with E-state index in [1.54, 1.807) is 0 Å². The first-order valence-corrected chi connectivity index (χ1v) is 13.5. The van der Waals surface area contributed by atoms with Gasteiger partial charge in [-0.1, -0.05) is 20.3 Å². The van der Waals surface area contributed by atoms with Crippen LogP contribution in [0.3, 0.4) is 0 Å². The van der Waals surface area contributed by atoms with Gasteiger partial charge < -0.3 is 30.3 Å². The minimum absolute atomic E-state index is 0.00570. The van der Waals surface area contributed by atoms with Crippen molar-refractivity contribution in [2.45, 2.75) is 76.3 Å². The Labute approximate surface area is 200 Å². The molecular formula is C22H36N3O8S-. The number of rotatable bonds is 11. The van der Waals surface area contributed by atoms with Gasteiger partial charge in [0.15, 0.2) is 5.44 Å². The molecule has 12 heteroatoms. The Morgan fingerprint density at radius 2 is 1.94 bits per heavy atom. The molecule has 3 fully saturated rings. The van der Waals surface area contributed by atoms with Gasteiger partial charge in [-0.15, -0.1) is 0 Å². The summed E-state index contributed by atoms with van der Waals surface area (Å²) in [6.07, 6.45) is 4.27. The standard InChI is InChI=1S/C22H37N3O8S/c1-12(2)7-17(25-22(29)33-11-16-9-13-3-4-14(16)8-13)20(27)24-18(21(28)34(30,31)32)10-15-5-6-23-19(15)26/h12-18,21,28H,3-11H2,1-2H3,(H,23,26)(H,24,27)(H,25,29)(H,30,31,32)/p-1/t13?,14?,15?,16?,17-,18?,21?/m0/s1. The molecule has 2 bridgehead atoms. The Bertz CT molecular complexity index is 864. The van der Waals surface area contributed by atoms with E-state index in [0.29, 0.717) is 30.7 Å². The zero-order chi connectivity index (χ0) is 25.0. The van der Waals surface area contributed by atoms with Crippen LogP contribution in [-0.2, 0) is 24.4 Å². The predicted molar refractivity (Wildman–Crippen MR) is 120 cm³/mol. The van der Waals surface area contributed by atoms with Crippen molar-refractivity contribution in [3.8, 4) is 0 Å². The fraction of sp³-hybridized carbons (Fsp3) is 0.864. The first-order chi connectivity index (χ1) is 15.9. The van der Waals surface area contributed by atoms with Gasteiger partial charge in [0.2, 0.25) is 11.8 Å². The van der Waals surface area contributed by atoms with E-state index in [1.165, 1.54) is 12.8 Å². The molecule has 7 atom stereocenters. The maximum atomic E-state index is 13.0. The largest absolute Gasteiger partial charge is 0.746 e. The molecule has 0 aromatic carbocycles. The molecule has 2 aliphatic carbocycles. The molecule has 4 N–H and O–H groups in total. The van der Waals surface area contributed by atoms with Crippen LogP contribution < -0.4 is 16.0 Å². The summed E-state index contributed by atoms with van der Waals surface area (Å²) in [7, 11) is -5.15.